The Labute approximate surface area is 155 Å². The van der Waals surface area contributed by atoms with Gasteiger partial charge in [0.05, 0.1) is 10.7 Å². The SMILES string of the molecule is O=C(Nc1ccccc1Cl)C(Sc1cccc[n+]1O)c1ccccc1. The smallest absolute Gasteiger partial charge is 0.292 e. The molecular weight excluding hydrogens is 356 g/mol. The van der Waals surface area contributed by atoms with Crippen molar-refractivity contribution in [3.8, 4) is 0 Å². The molecule has 0 radical (unpaired) electrons. The molecule has 0 saturated carbocycles. The molecule has 3 rings (SSSR count). The summed E-state index contributed by atoms with van der Waals surface area (Å²) in [5.74, 6) is -0.215. The van der Waals surface area contributed by atoms with Crippen LogP contribution in [0, 0.1) is 0 Å². The molecule has 0 aliphatic heterocycles. The van der Waals surface area contributed by atoms with Crippen molar-refractivity contribution in [1.82, 2.24) is 0 Å². The van der Waals surface area contributed by atoms with Crippen LogP contribution >= 0.6 is 23.4 Å². The van der Waals surface area contributed by atoms with Crippen LogP contribution in [-0.2, 0) is 4.79 Å². The summed E-state index contributed by atoms with van der Waals surface area (Å²) < 4.78 is 1.00. The van der Waals surface area contributed by atoms with Gasteiger partial charge < -0.3 is 5.32 Å². The summed E-state index contributed by atoms with van der Waals surface area (Å²) in [7, 11) is 0. The number of halogens is 1. The van der Waals surface area contributed by atoms with Crippen molar-refractivity contribution < 1.29 is 14.7 Å². The number of para-hydroxylation sites is 1. The van der Waals surface area contributed by atoms with Crippen LogP contribution in [0.5, 0.6) is 0 Å². The standard InChI is InChI=1S/C19H15ClN2O2S/c20-15-10-4-5-11-16(15)21-19(23)18(14-8-2-1-3-9-14)25-17-12-6-7-13-22(17)24/h1-13,18H,(H-,21,23,24)/p+1. The molecule has 1 amide bonds. The second-order valence-corrected chi connectivity index (χ2v) is 6.79. The number of amides is 1. The van der Waals surface area contributed by atoms with E-state index in [4.69, 9.17) is 11.6 Å². The van der Waals surface area contributed by atoms with Gasteiger partial charge in [0, 0.05) is 16.9 Å². The van der Waals surface area contributed by atoms with Crippen LogP contribution in [-0.4, -0.2) is 11.1 Å². The van der Waals surface area contributed by atoms with Crippen LogP contribution in [0.3, 0.4) is 0 Å². The van der Waals surface area contributed by atoms with Crippen molar-refractivity contribution in [2.24, 2.45) is 0 Å². The van der Waals surface area contributed by atoms with Gasteiger partial charge in [0.25, 0.3) is 5.03 Å². The lowest BCUT2D eigenvalue weighted by Crippen LogP contribution is -2.32. The molecule has 0 saturated heterocycles. The van der Waals surface area contributed by atoms with E-state index in [1.54, 1.807) is 30.3 Å². The van der Waals surface area contributed by atoms with Gasteiger partial charge in [-0.15, -0.1) is 0 Å². The van der Waals surface area contributed by atoms with E-state index in [1.165, 1.54) is 18.0 Å². The first kappa shape index (κ1) is 17.3. The minimum absolute atomic E-state index is 0.215. The summed E-state index contributed by atoms with van der Waals surface area (Å²) in [4.78, 5) is 12.9. The largest absolute Gasteiger partial charge is 0.323 e. The first-order valence-corrected chi connectivity index (χ1v) is 8.88. The highest BCUT2D eigenvalue weighted by Crippen LogP contribution is 2.35. The molecule has 1 atom stereocenters. The van der Waals surface area contributed by atoms with Gasteiger partial charge in [-0.2, -0.15) is 0 Å². The first-order valence-electron chi connectivity index (χ1n) is 7.62. The van der Waals surface area contributed by atoms with Crippen LogP contribution < -0.4 is 10.0 Å². The number of carbonyl (C=O) groups is 1. The van der Waals surface area contributed by atoms with Crippen LogP contribution in [0.2, 0.25) is 5.02 Å². The predicted octanol–water partition coefficient (Wildman–Crippen LogP) is 4.34. The minimum Gasteiger partial charge on any atom is -0.323 e. The molecule has 0 fully saturated rings. The van der Waals surface area contributed by atoms with Crippen LogP contribution in [0.15, 0.2) is 84.0 Å². The van der Waals surface area contributed by atoms with Gasteiger partial charge in [-0.1, -0.05) is 54.1 Å². The summed E-state index contributed by atoms with van der Waals surface area (Å²) in [6.07, 6.45) is 1.52. The molecule has 1 unspecified atom stereocenters. The number of benzene rings is 2. The number of nitrogens with zero attached hydrogens (tertiary/aromatic N) is 1. The number of aromatic nitrogens is 1. The zero-order chi connectivity index (χ0) is 17.6. The second kappa shape index (κ2) is 8.05. The number of hydrogen-bond acceptors (Lipinski definition) is 3. The van der Waals surface area contributed by atoms with E-state index in [0.29, 0.717) is 15.7 Å². The Kier molecular flexibility index (Phi) is 5.58. The molecule has 0 bridgehead atoms. The molecule has 126 valence electrons. The Hall–Kier alpha value is -2.50. The molecule has 1 heterocycles. The number of rotatable bonds is 5. The van der Waals surface area contributed by atoms with Crippen molar-refractivity contribution >= 4 is 35.0 Å². The van der Waals surface area contributed by atoms with Crippen molar-refractivity contribution in [3.05, 3.63) is 89.6 Å². The number of carbonyl (C=O) groups excluding carboxylic acids is 1. The summed E-state index contributed by atoms with van der Waals surface area (Å²) in [5, 5.41) is 13.3. The Balaban J connectivity index is 1.90. The van der Waals surface area contributed by atoms with E-state index in [9.17, 15) is 10.0 Å². The maximum Gasteiger partial charge on any atom is 0.292 e. The van der Waals surface area contributed by atoms with Gasteiger partial charge in [0.2, 0.25) is 12.1 Å². The van der Waals surface area contributed by atoms with Crippen molar-refractivity contribution in [2.75, 3.05) is 5.32 Å². The summed E-state index contributed by atoms with van der Waals surface area (Å²) in [6, 6.07) is 21.8. The highest BCUT2D eigenvalue weighted by atomic mass is 35.5. The van der Waals surface area contributed by atoms with Crippen LogP contribution in [0.4, 0.5) is 5.69 Å². The fourth-order valence-electron chi connectivity index (χ4n) is 2.29. The third kappa shape index (κ3) is 4.32. The molecule has 1 aromatic heterocycles. The number of hydrogen-bond donors (Lipinski definition) is 2. The maximum absolute atomic E-state index is 12.9. The van der Waals surface area contributed by atoms with Crippen molar-refractivity contribution in [2.45, 2.75) is 10.3 Å². The first-order chi connectivity index (χ1) is 12.1. The zero-order valence-electron chi connectivity index (χ0n) is 13.2. The second-order valence-electron chi connectivity index (χ2n) is 5.26. The Morgan fingerprint density at radius 1 is 1.00 bits per heavy atom. The number of pyridine rings is 1. The topological polar surface area (TPSA) is 53.2 Å². The van der Waals surface area contributed by atoms with E-state index in [2.05, 4.69) is 5.32 Å². The van der Waals surface area contributed by atoms with Gasteiger partial charge in [0.1, 0.15) is 5.25 Å². The Morgan fingerprint density at radius 3 is 2.40 bits per heavy atom. The summed E-state index contributed by atoms with van der Waals surface area (Å²) in [5.41, 5.74) is 1.39. The lowest BCUT2D eigenvalue weighted by atomic mass is 10.1. The van der Waals surface area contributed by atoms with E-state index in [-0.39, 0.29) is 5.91 Å². The maximum atomic E-state index is 12.9. The van der Waals surface area contributed by atoms with E-state index < -0.39 is 5.25 Å². The third-order valence-electron chi connectivity index (χ3n) is 3.51. The summed E-state index contributed by atoms with van der Waals surface area (Å²) >= 11 is 7.40. The normalized spacial score (nSPS) is 11.7. The monoisotopic (exact) mass is 371 g/mol. The minimum atomic E-state index is -0.543. The molecule has 3 aromatic rings. The molecule has 2 aromatic carbocycles. The quantitative estimate of drug-likeness (QED) is 0.398. The third-order valence-corrected chi connectivity index (χ3v) is 5.13. The molecule has 0 aliphatic rings. The number of thioether (sulfide) groups is 1. The number of anilines is 1. The van der Waals surface area contributed by atoms with Gasteiger partial charge in [-0.25, -0.2) is 0 Å². The van der Waals surface area contributed by atoms with E-state index in [1.807, 2.05) is 42.5 Å². The van der Waals surface area contributed by atoms with E-state index >= 15 is 0 Å². The fourth-order valence-corrected chi connectivity index (χ4v) is 3.50. The fraction of sp³-hybridized carbons (Fsp3) is 0.0526. The Morgan fingerprint density at radius 2 is 1.68 bits per heavy atom. The average Bonchev–Trinajstić information content (AvgIpc) is 2.63. The van der Waals surface area contributed by atoms with Gasteiger partial charge >= 0.3 is 0 Å². The lowest BCUT2D eigenvalue weighted by Gasteiger charge is -2.16. The lowest BCUT2D eigenvalue weighted by molar-refractivity contribution is -0.932. The molecule has 0 aliphatic carbocycles. The average molecular weight is 372 g/mol. The van der Waals surface area contributed by atoms with Gasteiger partial charge in [-0.3, -0.25) is 10.0 Å². The van der Waals surface area contributed by atoms with Crippen molar-refractivity contribution in [1.29, 1.82) is 0 Å². The van der Waals surface area contributed by atoms with Crippen LogP contribution in [0.1, 0.15) is 10.8 Å². The Bertz CT molecular complexity index is 874. The number of nitrogens with one attached hydrogen (secondary N) is 1. The molecule has 6 heteroatoms. The molecule has 25 heavy (non-hydrogen) atoms. The highest BCUT2D eigenvalue weighted by Gasteiger charge is 2.27. The van der Waals surface area contributed by atoms with Gasteiger partial charge in [0.15, 0.2) is 0 Å². The molecule has 4 nitrogen and oxygen atoms in total. The highest BCUT2D eigenvalue weighted by molar-refractivity contribution is 8.00. The summed E-state index contributed by atoms with van der Waals surface area (Å²) in [6.45, 7) is 0. The molecule has 2 N–H and O–H groups in total. The predicted molar refractivity (Wildman–Crippen MR) is 98.9 cm³/mol. The zero-order valence-corrected chi connectivity index (χ0v) is 14.7. The van der Waals surface area contributed by atoms with Crippen molar-refractivity contribution in [3.63, 3.8) is 0 Å². The van der Waals surface area contributed by atoms with E-state index in [0.717, 1.165) is 10.3 Å². The van der Waals surface area contributed by atoms with Crippen LogP contribution in [0.25, 0.3) is 0 Å². The molecular formula is C19H16ClN2O2S+. The van der Waals surface area contributed by atoms with Gasteiger partial charge in [-0.05, 0) is 35.5 Å². The molecule has 0 spiro atoms.